The van der Waals surface area contributed by atoms with E-state index in [0.29, 0.717) is 22.6 Å². The molecule has 0 fully saturated rings. The van der Waals surface area contributed by atoms with Gasteiger partial charge in [-0.15, -0.1) is 0 Å². The number of fused-ring (bicyclic) bond motifs is 17. The van der Waals surface area contributed by atoms with Gasteiger partial charge in [0.05, 0.1) is 73.5 Å². The van der Waals surface area contributed by atoms with Crippen LogP contribution in [0.5, 0.6) is 23.0 Å². The number of para-hydroxylation sites is 4. The number of ether oxygens (including phenoxy) is 2. The van der Waals surface area contributed by atoms with Gasteiger partial charge in [-0.1, -0.05) is 72.8 Å². The molecule has 0 bridgehead atoms. The zero-order valence-electron chi connectivity index (χ0n) is 37.0. The molecule has 0 atom stereocenters. The van der Waals surface area contributed by atoms with Gasteiger partial charge in [0.15, 0.2) is 11.5 Å². The number of aromatic nitrogens is 4. The molecule has 70 heavy (non-hydrogen) atoms. The summed E-state index contributed by atoms with van der Waals surface area (Å²) in [7, 11) is 0. The molecule has 9 nitrogen and oxygen atoms in total. The third-order valence-corrected chi connectivity index (χ3v) is 14.5. The van der Waals surface area contributed by atoms with Gasteiger partial charge in [0.1, 0.15) is 11.5 Å². The third-order valence-electron chi connectivity index (χ3n) is 14.5. The molecule has 0 N–H and O–H groups in total. The van der Waals surface area contributed by atoms with Gasteiger partial charge in [0, 0.05) is 80.3 Å². The Labute approximate surface area is 400 Å². The van der Waals surface area contributed by atoms with Gasteiger partial charge in [0.2, 0.25) is 0 Å². The molecule has 0 unspecified atom stereocenters. The first kappa shape index (κ1) is 38.2. The van der Waals surface area contributed by atoms with Crippen LogP contribution in [0.2, 0.25) is 0 Å². The molecule has 0 saturated heterocycles. The maximum atomic E-state index is 10.2. The van der Waals surface area contributed by atoms with Crippen LogP contribution >= 0.6 is 0 Å². The minimum atomic E-state index is -0.788. The summed E-state index contributed by atoms with van der Waals surface area (Å²) in [4.78, 5) is 12.1. The molecular weight excluding hydrogens is 863 g/mol. The molecule has 2 aliphatic heterocycles. The van der Waals surface area contributed by atoms with Gasteiger partial charge in [-0.2, -0.15) is 10.5 Å². The normalized spacial score (nSPS) is 13.4. The molecule has 8 aromatic carbocycles. The Hall–Kier alpha value is -9.96. The summed E-state index contributed by atoms with van der Waals surface area (Å²) in [5.74, 6) is 2.75. The topological polar surface area (TPSA) is 105 Å². The molecule has 6 heterocycles. The van der Waals surface area contributed by atoms with E-state index in [-0.39, 0.29) is 0 Å². The van der Waals surface area contributed by atoms with Crippen molar-refractivity contribution < 1.29 is 9.47 Å². The van der Waals surface area contributed by atoms with Gasteiger partial charge >= 0.3 is 0 Å². The number of nitriles is 2. The predicted molar refractivity (Wildman–Crippen MR) is 272 cm³/mol. The van der Waals surface area contributed by atoms with Gasteiger partial charge in [-0.25, -0.2) is 0 Å². The van der Waals surface area contributed by atoms with E-state index in [1.807, 2.05) is 79.1 Å². The molecule has 0 radical (unpaired) electrons. The summed E-state index contributed by atoms with van der Waals surface area (Å²) in [6.45, 7) is 0. The number of pyridine rings is 2. The highest BCUT2D eigenvalue weighted by molar-refractivity contribution is 6.12. The minimum absolute atomic E-state index is 0.516. The van der Waals surface area contributed by atoms with E-state index in [0.717, 1.165) is 106 Å². The van der Waals surface area contributed by atoms with Crippen LogP contribution in [0.1, 0.15) is 33.4 Å². The maximum absolute atomic E-state index is 10.2. The van der Waals surface area contributed by atoms with Crippen molar-refractivity contribution in [3.8, 4) is 57.9 Å². The van der Waals surface area contributed by atoms with Crippen LogP contribution in [0.25, 0.3) is 66.4 Å². The molecule has 4 aromatic heterocycles. The van der Waals surface area contributed by atoms with Gasteiger partial charge in [0.25, 0.3) is 0 Å². The van der Waals surface area contributed by atoms with Crippen LogP contribution in [0.15, 0.2) is 200 Å². The van der Waals surface area contributed by atoms with Crippen molar-refractivity contribution in [1.82, 2.24) is 19.1 Å². The highest BCUT2D eigenvalue weighted by Crippen LogP contribution is 2.62. The summed E-state index contributed by atoms with van der Waals surface area (Å²) in [6, 6.07) is 69.1. The smallest absolute Gasteiger partial charge is 0.152 e. The number of hydrogen-bond acceptors (Lipinski definition) is 7. The first-order valence-electron chi connectivity index (χ1n) is 23.1. The maximum Gasteiger partial charge on any atom is 0.152 e. The number of nitrogens with zero attached hydrogens (tertiary/aromatic N) is 7. The molecule has 15 rings (SSSR count). The number of hydrogen-bond donors (Lipinski definition) is 0. The highest BCUT2D eigenvalue weighted by Gasteiger charge is 2.52. The van der Waals surface area contributed by atoms with Crippen molar-refractivity contribution in [2.75, 3.05) is 4.90 Å². The quantitative estimate of drug-likeness (QED) is 0.174. The average molecular weight is 896 g/mol. The second-order valence-corrected chi connectivity index (χ2v) is 18.0. The zero-order chi connectivity index (χ0) is 46.2. The Kier molecular flexibility index (Phi) is 7.65. The lowest BCUT2D eigenvalue weighted by atomic mass is 9.66. The minimum Gasteiger partial charge on any atom is -0.457 e. The number of rotatable bonds is 3. The summed E-state index contributed by atoms with van der Waals surface area (Å²) in [5, 5.41) is 24.3. The predicted octanol–water partition coefficient (Wildman–Crippen LogP) is 14.5. The molecule has 0 saturated carbocycles. The standard InChI is InChI=1S/C61H33N7O2/c62-34-36-17-24-51-43(29-36)44-31-38(68-53-15-5-6-16-55(53)69-58-30-37(35-63)18-25-54(58)68)21-26-52(44)67(51)40-20-23-46-57(33-40)70-56-32-39(66-49-13-3-1-9-41(49)42-10-2-4-14-50(42)66)19-22-45(56)61(46)47-11-7-27-64-59(47)60-48(61)12-8-28-65-60/h1-33H. The molecule has 1 spiro atoms. The van der Waals surface area contributed by atoms with Crippen LogP contribution in [-0.4, -0.2) is 19.1 Å². The summed E-state index contributed by atoms with van der Waals surface area (Å²) in [5.41, 5.74) is 14.7. The van der Waals surface area contributed by atoms with E-state index in [1.165, 1.54) is 10.8 Å². The van der Waals surface area contributed by atoms with Crippen molar-refractivity contribution in [1.29, 1.82) is 10.5 Å². The third kappa shape index (κ3) is 5.02. The lowest BCUT2D eigenvalue weighted by Gasteiger charge is -2.39. The fraction of sp³-hybridized carbons (Fsp3) is 0.0164. The largest absolute Gasteiger partial charge is 0.457 e. The van der Waals surface area contributed by atoms with E-state index in [4.69, 9.17) is 19.4 Å². The Morgan fingerprint density at radius 1 is 0.386 bits per heavy atom. The van der Waals surface area contributed by atoms with Crippen LogP contribution in [0.3, 0.4) is 0 Å². The lowest BCUT2D eigenvalue weighted by Crippen LogP contribution is -2.32. The molecule has 12 aromatic rings. The van der Waals surface area contributed by atoms with Gasteiger partial charge in [-0.3, -0.25) is 9.97 Å². The Morgan fingerprint density at radius 2 is 0.900 bits per heavy atom. The highest BCUT2D eigenvalue weighted by atomic mass is 16.5. The fourth-order valence-electron chi connectivity index (χ4n) is 11.7. The monoisotopic (exact) mass is 895 g/mol. The summed E-state index contributed by atoms with van der Waals surface area (Å²) in [6.07, 6.45) is 3.69. The summed E-state index contributed by atoms with van der Waals surface area (Å²) >= 11 is 0. The van der Waals surface area contributed by atoms with E-state index in [2.05, 4.69) is 141 Å². The number of benzene rings is 8. The first-order valence-corrected chi connectivity index (χ1v) is 23.1. The van der Waals surface area contributed by atoms with Crippen LogP contribution in [0, 0.1) is 22.7 Å². The molecular formula is C61H33N7O2. The fourth-order valence-corrected chi connectivity index (χ4v) is 11.7. The average Bonchev–Trinajstić information content (AvgIpc) is 4.04. The van der Waals surface area contributed by atoms with Crippen molar-refractivity contribution in [2.24, 2.45) is 0 Å². The zero-order valence-corrected chi connectivity index (χ0v) is 37.0. The van der Waals surface area contributed by atoms with Crippen molar-refractivity contribution in [3.63, 3.8) is 0 Å². The Balaban J connectivity index is 0.958. The molecule has 3 aliphatic rings. The van der Waals surface area contributed by atoms with Crippen LogP contribution in [0.4, 0.5) is 17.1 Å². The van der Waals surface area contributed by atoms with Crippen LogP contribution in [-0.2, 0) is 5.41 Å². The SMILES string of the molecule is N#Cc1ccc2c(c1)Oc1ccccc1N2c1ccc2c(c1)c1cc(C#N)ccc1n2-c1ccc2c(c1)Oc1cc(-n3c4ccccc4c4ccccc43)ccc1C21c2cccnc2-c2ncccc21. The Bertz CT molecular complexity index is 4280. The first-order chi connectivity index (χ1) is 34.6. The summed E-state index contributed by atoms with van der Waals surface area (Å²) < 4.78 is 18.2. The van der Waals surface area contributed by atoms with Gasteiger partial charge < -0.3 is 23.5 Å². The van der Waals surface area contributed by atoms with E-state index >= 15 is 0 Å². The van der Waals surface area contributed by atoms with E-state index in [9.17, 15) is 10.5 Å². The molecule has 324 valence electrons. The Morgan fingerprint density at radius 3 is 1.56 bits per heavy atom. The second-order valence-electron chi connectivity index (χ2n) is 18.0. The van der Waals surface area contributed by atoms with E-state index < -0.39 is 5.41 Å². The molecule has 0 amide bonds. The van der Waals surface area contributed by atoms with Crippen LogP contribution < -0.4 is 14.4 Å². The van der Waals surface area contributed by atoms with E-state index in [1.54, 1.807) is 6.07 Å². The molecule has 1 aliphatic carbocycles. The van der Waals surface area contributed by atoms with Crippen molar-refractivity contribution >= 4 is 60.7 Å². The lowest BCUT2D eigenvalue weighted by molar-refractivity contribution is 0.436. The second kappa shape index (κ2) is 14.0. The number of anilines is 3. The van der Waals surface area contributed by atoms with Crippen molar-refractivity contribution in [2.45, 2.75) is 5.41 Å². The van der Waals surface area contributed by atoms with Gasteiger partial charge in [-0.05, 0) is 108 Å². The van der Waals surface area contributed by atoms with Crippen molar-refractivity contribution in [3.05, 3.63) is 234 Å². The molecule has 9 heteroatoms.